The van der Waals surface area contributed by atoms with E-state index in [-0.39, 0.29) is 0 Å². The minimum atomic E-state index is -4.53. The lowest BCUT2D eigenvalue weighted by Crippen LogP contribution is -2.37. The number of anilines is 1. The molecule has 0 radical (unpaired) electrons. The molecular weight excluding hydrogens is 347 g/mol. The van der Waals surface area contributed by atoms with Gasteiger partial charge in [-0.25, -0.2) is 5.06 Å². The smallest absolute Gasteiger partial charge is 0.396 e. The predicted octanol–water partition coefficient (Wildman–Crippen LogP) is 4.29. The molecule has 3 rings (SSSR count). The summed E-state index contributed by atoms with van der Waals surface area (Å²) in [5.41, 5.74) is 0.977. The Labute approximate surface area is 149 Å². The maximum atomic E-state index is 13.9. The first kappa shape index (κ1) is 18.3. The summed E-state index contributed by atoms with van der Waals surface area (Å²) in [4.78, 5) is 16.7. The van der Waals surface area contributed by atoms with Crippen molar-refractivity contribution < 1.29 is 27.5 Å². The number of hydrogen-bond acceptors (Lipinski definition) is 4. The molecule has 0 amide bonds. The van der Waals surface area contributed by atoms with Crippen LogP contribution in [0, 0.1) is 5.92 Å². The van der Waals surface area contributed by atoms with E-state index in [4.69, 9.17) is 9.57 Å². The van der Waals surface area contributed by atoms with Crippen LogP contribution in [0.2, 0.25) is 0 Å². The minimum Gasteiger partial charge on any atom is -0.463 e. The predicted molar refractivity (Wildman–Crippen MR) is 89.2 cm³/mol. The minimum absolute atomic E-state index is 0.466. The SMILES string of the molecule is CC(=O)OC[C@H]1ON(c2ccccc2)[C@@H](c2ccccc2)[C@@H]1C(F)(F)F. The number of carbonyl (C=O) groups excluding carboxylic acids is 1. The first-order valence-electron chi connectivity index (χ1n) is 8.14. The van der Waals surface area contributed by atoms with Gasteiger partial charge >= 0.3 is 12.1 Å². The summed E-state index contributed by atoms with van der Waals surface area (Å²) in [7, 11) is 0. The summed E-state index contributed by atoms with van der Waals surface area (Å²) in [6.45, 7) is 0.688. The lowest BCUT2D eigenvalue weighted by atomic mass is 9.89. The van der Waals surface area contributed by atoms with Gasteiger partial charge in [0.2, 0.25) is 0 Å². The summed E-state index contributed by atoms with van der Waals surface area (Å²) in [5, 5.41) is 1.27. The zero-order valence-corrected chi connectivity index (χ0v) is 14.0. The van der Waals surface area contributed by atoms with Crippen LogP contribution in [0.3, 0.4) is 0 Å². The van der Waals surface area contributed by atoms with E-state index >= 15 is 0 Å². The number of carbonyl (C=O) groups is 1. The maximum absolute atomic E-state index is 13.9. The Bertz CT molecular complexity index is 737. The molecule has 0 unspecified atom stereocenters. The molecule has 1 aliphatic heterocycles. The van der Waals surface area contributed by atoms with Gasteiger partial charge in [0.15, 0.2) is 0 Å². The largest absolute Gasteiger partial charge is 0.463 e. The van der Waals surface area contributed by atoms with E-state index in [2.05, 4.69) is 0 Å². The molecule has 0 aromatic heterocycles. The first-order valence-corrected chi connectivity index (χ1v) is 8.14. The van der Waals surface area contributed by atoms with Crippen molar-refractivity contribution in [3.05, 3.63) is 66.2 Å². The van der Waals surface area contributed by atoms with Crippen LogP contribution < -0.4 is 5.06 Å². The van der Waals surface area contributed by atoms with E-state index in [9.17, 15) is 18.0 Å². The second-order valence-corrected chi connectivity index (χ2v) is 6.03. The lowest BCUT2D eigenvalue weighted by molar-refractivity contribution is -0.196. The summed E-state index contributed by atoms with van der Waals surface area (Å²) in [5.74, 6) is -2.49. The Kier molecular flexibility index (Phi) is 5.18. The molecule has 1 fully saturated rings. The molecule has 2 aromatic carbocycles. The van der Waals surface area contributed by atoms with Gasteiger partial charge in [-0.2, -0.15) is 13.2 Å². The van der Waals surface area contributed by atoms with E-state index < -0.39 is 36.8 Å². The van der Waals surface area contributed by atoms with Crippen molar-refractivity contribution in [2.75, 3.05) is 11.7 Å². The maximum Gasteiger partial charge on any atom is 0.396 e. The normalized spacial score (nSPS) is 23.1. The van der Waals surface area contributed by atoms with Gasteiger partial charge in [0.25, 0.3) is 0 Å². The molecule has 7 heteroatoms. The van der Waals surface area contributed by atoms with Gasteiger partial charge in [-0.15, -0.1) is 0 Å². The molecule has 4 nitrogen and oxygen atoms in total. The molecule has 0 saturated carbocycles. The molecule has 2 aromatic rings. The summed E-state index contributed by atoms with van der Waals surface area (Å²) >= 11 is 0. The van der Waals surface area contributed by atoms with Crippen LogP contribution >= 0.6 is 0 Å². The molecule has 0 aliphatic carbocycles. The lowest BCUT2D eigenvalue weighted by Gasteiger charge is -2.28. The standard InChI is InChI=1S/C19H18F3NO3/c1-13(24)25-12-16-17(19(20,21)22)18(14-8-4-2-5-9-14)23(26-16)15-10-6-3-7-11-15/h2-11,16-18H,12H2,1H3/t16-,17-,18+/m1/s1. The van der Waals surface area contributed by atoms with Crippen LogP contribution in [-0.4, -0.2) is 24.9 Å². The van der Waals surface area contributed by atoms with E-state index in [1.54, 1.807) is 60.7 Å². The van der Waals surface area contributed by atoms with Crippen LogP contribution in [0.4, 0.5) is 18.9 Å². The van der Waals surface area contributed by atoms with E-state index in [0.717, 1.165) is 6.92 Å². The average molecular weight is 365 g/mol. The van der Waals surface area contributed by atoms with Crippen molar-refractivity contribution in [2.45, 2.75) is 25.2 Å². The van der Waals surface area contributed by atoms with Crippen LogP contribution in [0.25, 0.3) is 0 Å². The van der Waals surface area contributed by atoms with Gasteiger partial charge in [0, 0.05) is 6.92 Å². The number of esters is 1. The number of rotatable bonds is 4. The fourth-order valence-corrected chi connectivity index (χ4v) is 3.14. The third kappa shape index (κ3) is 3.83. The molecule has 0 N–H and O–H groups in total. The Hall–Kier alpha value is -2.54. The summed E-state index contributed by atoms with van der Waals surface area (Å²) in [6.07, 6.45) is -5.86. The molecule has 1 heterocycles. The van der Waals surface area contributed by atoms with Gasteiger partial charge in [0.05, 0.1) is 11.7 Å². The molecular formula is C19H18F3NO3. The van der Waals surface area contributed by atoms with Crippen LogP contribution in [0.1, 0.15) is 18.5 Å². The van der Waals surface area contributed by atoms with Gasteiger partial charge in [-0.05, 0) is 17.7 Å². The third-order valence-corrected chi connectivity index (χ3v) is 4.22. The average Bonchev–Trinajstić information content (AvgIpc) is 3.01. The van der Waals surface area contributed by atoms with Gasteiger partial charge in [-0.1, -0.05) is 48.5 Å². The zero-order chi connectivity index (χ0) is 18.7. The molecule has 26 heavy (non-hydrogen) atoms. The molecule has 3 atom stereocenters. The molecule has 1 aliphatic rings. The second-order valence-electron chi connectivity index (χ2n) is 6.03. The van der Waals surface area contributed by atoms with Gasteiger partial charge < -0.3 is 4.74 Å². The highest BCUT2D eigenvalue weighted by molar-refractivity contribution is 5.65. The number of halogens is 3. The van der Waals surface area contributed by atoms with Crippen molar-refractivity contribution in [3.8, 4) is 0 Å². The van der Waals surface area contributed by atoms with Crippen molar-refractivity contribution >= 4 is 11.7 Å². The number of nitrogens with zero attached hydrogens (tertiary/aromatic N) is 1. The van der Waals surface area contributed by atoms with E-state index in [1.807, 2.05) is 0 Å². The topological polar surface area (TPSA) is 38.8 Å². The van der Waals surface area contributed by atoms with E-state index in [1.165, 1.54) is 5.06 Å². The first-order chi connectivity index (χ1) is 12.4. The van der Waals surface area contributed by atoms with Crippen molar-refractivity contribution in [2.24, 2.45) is 5.92 Å². The third-order valence-electron chi connectivity index (χ3n) is 4.22. The number of para-hydroxylation sites is 1. The number of benzene rings is 2. The highest BCUT2D eigenvalue weighted by atomic mass is 19.4. The highest BCUT2D eigenvalue weighted by Gasteiger charge is 2.58. The summed E-state index contributed by atoms with van der Waals surface area (Å²) < 4.78 is 46.6. The Balaban J connectivity index is 2.03. The molecule has 0 spiro atoms. The fourth-order valence-electron chi connectivity index (χ4n) is 3.14. The number of hydrogen-bond donors (Lipinski definition) is 0. The molecule has 138 valence electrons. The van der Waals surface area contributed by atoms with Crippen LogP contribution in [0.5, 0.6) is 0 Å². The fraction of sp³-hybridized carbons (Fsp3) is 0.316. The van der Waals surface area contributed by atoms with E-state index in [0.29, 0.717) is 11.3 Å². The highest BCUT2D eigenvalue weighted by Crippen LogP contribution is 2.49. The zero-order valence-electron chi connectivity index (χ0n) is 14.0. The van der Waals surface area contributed by atoms with Crippen molar-refractivity contribution in [3.63, 3.8) is 0 Å². The second kappa shape index (κ2) is 7.37. The van der Waals surface area contributed by atoms with Crippen molar-refractivity contribution in [1.82, 2.24) is 0 Å². The van der Waals surface area contributed by atoms with Crippen molar-refractivity contribution in [1.29, 1.82) is 0 Å². The summed E-state index contributed by atoms with van der Waals surface area (Å²) in [6, 6.07) is 15.9. The Morgan fingerprint density at radius 3 is 2.19 bits per heavy atom. The van der Waals surface area contributed by atoms with Gasteiger partial charge in [-0.3, -0.25) is 9.63 Å². The quantitative estimate of drug-likeness (QED) is 0.758. The van der Waals surface area contributed by atoms with Crippen LogP contribution in [-0.2, 0) is 14.4 Å². The monoisotopic (exact) mass is 365 g/mol. The van der Waals surface area contributed by atoms with Gasteiger partial charge in [0.1, 0.15) is 18.6 Å². The number of alkyl halides is 3. The number of ether oxygens (including phenoxy) is 1. The number of hydroxylamine groups is 1. The Morgan fingerprint density at radius 2 is 1.65 bits per heavy atom. The van der Waals surface area contributed by atoms with Crippen LogP contribution in [0.15, 0.2) is 60.7 Å². The Morgan fingerprint density at radius 1 is 1.08 bits per heavy atom. The molecule has 1 saturated heterocycles. The molecule has 0 bridgehead atoms.